The van der Waals surface area contributed by atoms with Crippen LogP contribution in [0.4, 0.5) is 0 Å². The number of carboxylic acid groups (broad SMARTS) is 1. The summed E-state index contributed by atoms with van der Waals surface area (Å²) < 4.78 is 0. The standard InChI is InChI=1S/C24H27ClN2O5/c1-16(14-28)27(21(29)17-5-4-6-18(13-17)22(30)31)26-12-11-24(32,23(2,3)15-26)19-7-9-20(25)10-8-19/h4-10,13-14,16,32H,11-12,15H2,1-3H3,(H,30,31)/t16?,24-/m1/s1. The van der Waals surface area contributed by atoms with Crippen LogP contribution in [0.25, 0.3) is 0 Å². The molecular formula is C24H27ClN2O5. The fraction of sp³-hybridized carbons (Fsp3) is 0.375. The Kier molecular flexibility index (Phi) is 6.74. The van der Waals surface area contributed by atoms with Crippen molar-refractivity contribution in [2.75, 3.05) is 13.1 Å². The van der Waals surface area contributed by atoms with E-state index >= 15 is 0 Å². The van der Waals surface area contributed by atoms with Gasteiger partial charge in [0.2, 0.25) is 0 Å². The van der Waals surface area contributed by atoms with Crippen molar-refractivity contribution in [3.8, 4) is 0 Å². The number of carboxylic acids is 1. The number of carbonyl (C=O) groups is 3. The number of benzene rings is 2. The Morgan fingerprint density at radius 3 is 2.34 bits per heavy atom. The molecule has 1 aliphatic heterocycles. The number of halogens is 1. The molecule has 2 atom stereocenters. The Bertz CT molecular complexity index is 1020. The number of piperidine rings is 1. The van der Waals surface area contributed by atoms with Crippen LogP contribution in [-0.2, 0) is 10.4 Å². The van der Waals surface area contributed by atoms with E-state index in [4.69, 9.17) is 11.6 Å². The smallest absolute Gasteiger partial charge is 0.335 e. The molecule has 0 bridgehead atoms. The Balaban J connectivity index is 1.92. The van der Waals surface area contributed by atoms with E-state index in [2.05, 4.69) is 0 Å². The Hall–Kier alpha value is -2.74. The molecule has 1 saturated heterocycles. The minimum absolute atomic E-state index is 0.00866. The number of rotatable bonds is 6. The summed E-state index contributed by atoms with van der Waals surface area (Å²) in [6.07, 6.45) is 0.998. The highest BCUT2D eigenvalue weighted by atomic mass is 35.5. The van der Waals surface area contributed by atoms with Crippen LogP contribution >= 0.6 is 11.6 Å². The van der Waals surface area contributed by atoms with E-state index < -0.39 is 28.9 Å². The van der Waals surface area contributed by atoms with Gasteiger partial charge in [-0.2, -0.15) is 0 Å². The summed E-state index contributed by atoms with van der Waals surface area (Å²) in [6.45, 7) is 6.05. The minimum atomic E-state index is -1.16. The van der Waals surface area contributed by atoms with Gasteiger partial charge < -0.3 is 15.0 Å². The maximum Gasteiger partial charge on any atom is 0.335 e. The monoisotopic (exact) mass is 458 g/mol. The maximum atomic E-state index is 13.4. The van der Waals surface area contributed by atoms with Gasteiger partial charge in [-0.25, -0.2) is 9.80 Å². The van der Waals surface area contributed by atoms with E-state index in [1.165, 1.54) is 29.3 Å². The molecule has 1 aliphatic rings. The summed E-state index contributed by atoms with van der Waals surface area (Å²) >= 11 is 6.00. The average molecular weight is 459 g/mol. The summed E-state index contributed by atoms with van der Waals surface area (Å²) in [6, 6.07) is 12.0. The van der Waals surface area contributed by atoms with Crippen molar-refractivity contribution >= 4 is 29.8 Å². The molecule has 0 radical (unpaired) electrons. The number of hydrogen-bond acceptors (Lipinski definition) is 5. The zero-order valence-electron chi connectivity index (χ0n) is 18.3. The maximum absolute atomic E-state index is 13.4. The first kappa shape index (κ1) is 23.9. The Labute approximate surface area is 192 Å². The number of carbonyl (C=O) groups excluding carboxylic acids is 2. The van der Waals surface area contributed by atoms with Crippen LogP contribution in [0.3, 0.4) is 0 Å². The van der Waals surface area contributed by atoms with Crippen LogP contribution in [0.5, 0.6) is 0 Å². The second-order valence-corrected chi connectivity index (χ2v) is 9.24. The molecule has 0 spiro atoms. The molecule has 8 heteroatoms. The Morgan fingerprint density at radius 1 is 1.16 bits per heavy atom. The summed E-state index contributed by atoms with van der Waals surface area (Å²) in [5.74, 6) is -1.61. The van der Waals surface area contributed by atoms with E-state index in [1.54, 1.807) is 36.2 Å². The summed E-state index contributed by atoms with van der Waals surface area (Å²) in [4.78, 5) is 36.3. The largest absolute Gasteiger partial charge is 0.478 e. The van der Waals surface area contributed by atoms with E-state index in [9.17, 15) is 24.6 Å². The number of hydrazine groups is 1. The third kappa shape index (κ3) is 4.41. The lowest BCUT2D eigenvalue weighted by Gasteiger charge is -2.53. The van der Waals surface area contributed by atoms with Crippen LogP contribution in [-0.4, -0.2) is 57.5 Å². The zero-order chi connectivity index (χ0) is 23.7. The first-order chi connectivity index (χ1) is 15.0. The van der Waals surface area contributed by atoms with Crippen molar-refractivity contribution in [2.24, 2.45) is 5.41 Å². The molecular weight excluding hydrogens is 432 g/mol. The lowest BCUT2D eigenvalue weighted by molar-refractivity contribution is -0.170. The Morgan fingerprint density at radius 2 is 1.78 bits per heavy atom. The molecule has 0 aromatic heterocycles. The van der Waals surface area contributed by atoms with Gasteiger partial charge in [-0.3, -0.25) is 9.80 Å². The minimum Gasteiger partial charge on any atom is -0.478 e. The second-order valence-electron chi connectivity index (χ2n) is 8.80. The lowest BCUT2D eigenvalue weighted by Crippen LogP contribution is -2.62. The molecule has 3 rings (SSSR count). The molecule has 32 heavy (non-hydrogen) atoms. The molecule has 2 aromatic carbocycles. The third-order valence-electron chi connectivity index (χ3n) is 6.20. The highest BCUT2D eigenvalue weighted by molar-refractivity contribution is 6.30. The highest BCUT2D eigenvalue weighted by Gasteiger charge is 2.50. The molecule has 1 unspecified atom stereocenters. The fourth-order valence-electron chi connectivity index (χ4n) is 4.29. The van der Waals surface area contributed by atoms with Crippen LogP contribution in [0.1, 0.15) is 53.5 Å². The summed E-state index contributed by atoms with van der Waals surface area (Å²) in [5.41, 5.74) is -0.929. The van der Waals surface area contributed by atoms with Crippen LogP contribution < -0.4 is 0 Å². The number of aromatic carboxylic acids is 1. The molecule has 1 fully saturated rings. The molecule has 1 heterocycles. The van der Waals surface area contributed by atoms with Gasteiger partial charge in [0.05, 0.1) is 11.2 Å². The normalized spacial score (nSPS) is 21.5. The molecule has 2 N–H and O–H groups in total. The number of aldehydes is 1. The van der Waals surface area contributed by atoms with Gasteiger partial charge in [0.25, 0.3) is 5.91 Å². The molecule has 170 valence electrons. The van der Waals surface area contributed by atoms with Crippen molar-refractivity contribution in [3.63, 3.8) is 0 Å². The van der Waals surface area contributed by atoms with Gasteiger partial charge in [-0.15, -0.1) is 0 Å². The number of nitrogens with zero attached hydrogens (tertiary/aromatic N) is 2. The van der Waals surface area contributed by atoms with Crippen LogP contribution in [0, 0.1) is 5.41 Å². The number of amides is 1. The average Bonchev–Trinajstić information content (AvgIpc) is 2.76. The van der Waals surface area contributed by atoms with E-state index in [-0.39, 0.29) is 11.1 Å². The van der Waals surface area contributed by atoms with Crippen LogP contribution in [0.2, 0.25) is 5.02 Å². The van der Waals surface area contributed by atoms with Crippen molar-refractivity contribution < 1.29 is 24.6 Å². The molecule has 1 amide bonds. The van der Waals surface area contributed by atoms with E-state index in [0.717, 1.165) is 5.56 Å². The van der Waals surface area contributed by atoms with Gasteiger partial charge in [-0.1, -0.05) is 43.6 Å². The van der Waals surface area contributed by atoms with Gasteiger partial charge in [-0.05, 0) is 49.2 Å². The first-order valence-corrected chi connectivity index (χ1v) is 10.7. The van der Waals surface area contributed by atoms with Crippen molar-refractivity contribution in [3.05, 3.63) is 70.2 Å². The topological polar surface area (TPSA) is 98.2 Å². The second kappa shape index (κ2) is 9.02. The third-order valence-corrected chi connectivity index (χ3v) is 6.45. The summed E-state index contributed by atoms with van der Waals surface area (Å²) in [7, 11) is 0. The van der Waals surface area contributed by atoms with Crippen LogP contribution in [0.15, 0.2) is 48.5 Å². The van der Waals surface area contributed by atoms with Crippen molar-refractivity contribution in [1.29, 1.82) is 0 Å². The predicted octanol–water partition coefficient (Wildman–Crippen LogP) is 3.60. The molecule has 7 nitrogen and oxygen atoms in total. The first-order valence-electron chi connectivity index (χ1n) is 10.4. The van der Waals surface area contributed by atoms with E-state index in [0.29, 0.717) is 30.8 Å². The predicted molar refractivity (Wildman–Crippen MR) is 120 cm³/mol. The van der Waals surface area contributed by atoms with Gasteiger partial charge in [0, 0.05) is 29.1 Å². The van der Waals surface area contributed by atoms with Crippen molar-refractivity contribution in [1.82, 2.24) is 10.0 Å². The number of hydrogen-bond donors (Lipinski definition) is 2. The highest BCUT2D eigenvalue weighted by Crippen LogP contribution is 2.46. The zero-order valence-corrected chi connectivity index (χ0v) is 19.0. The van der Waals surface area contributed by atoms with Gasteiger partial charge in [0.15, 0.2) is 0 Å². The number of aliphatic hydroxyl groups is 1. The summed E-state index contributed by atoms with van der Waals surface area (Å²) in [5, 5.41) is 24.6. The SMILES string of the molecule is CC(C=O)N(C(=O)c1cccc(C(=O)O)c1)N1CC[C@@](O)(c2ccc(Cl)cc2)C(C)(C)C1. The fourth-order valence-corrected chi connectivity index (χ4v) is 4.41. The van der Waals surface area contributed by atoms with Gasteiger partial charge in [0.1, 0.15) is 12.3 Å². The molecule has 0 aliphatic carbocycles. The van der Waals surface area contributed by atoms with Crippen molar-refractivity contribution in [2.45, 2.75) is 38.8 Å². The molecule has 0 saturated carbocycles. The van der Waals surface area contributed by atoms with E-state index in [1.807, 2.05) is 13.8 Å². The van der Waals surface area contributed by atoms with Gasteiger partial charge >= 0.3 is 5.97 Å². The quantitative estimate of drug-likeness (QED) is 0.642. The lowest BCUT2D eigenvalue weighted by atomic mass is 9.67. The molecule has 2 aromatic rings.